The second-order valence-corrected chi connectivity index (χ2v) is 2.67. The highest BCUT2D eigenvalue weighted by Crippen LogP contribution is 2.10. The quantitative estimate of drug-likeness (QED) is 0.684. The first-order valence-electron chi connectivity index (χ1n) is 3.66. The maximum atomic E-state index is 10.4. The van der Waals surface area contributed by atoms with Gasteiger partial charge < -0.3 is 5.73 Å². The molecular formula is C9H12NO. The predicted octanol–water partition coefficient (Wildman–Crippen LogP) is 1.64. The average molecular weight is 150 g/mol. The molecule has 1 rings (SSSR count). The van der Waals surface area contributed by atoms with Crippen molar-refractivity contribution in [1.29, 1.82) is 0 Å². The van der Waals surface area contributed by atoms with Gasteiger partial charge in [0.05, 0.1) is 0 Å². The third-order valence-corrected chi connectivity index (χ3v) is 1.67. The molecule has 1 aromatic carbocycles. The number of hydrogen-bond donors (Lipinski definition) is 1. The van der Waals surface area contributed by atoms with Gasteiger partial charge >= 0.3 is 0 Å². The topological polar surface area (TPSA) is 45.9 Å². The molecule has 0 aliphatic carbocycles. The first kappa shape index (κ1) is 8.24. The van der Waals surface area contributed by atoms with Crippen LogP contribution >= 0.6 is 0 Å². The highest BCUT2D eigenvalue weighted by atomic mass is 16.3. The summed E-state index contributed by atoms with van der Waals surface area (Å²) in [4.78, 5) is 0. The lowest BCUT2D eigenvalue weighted by Crippen LogP contribution is -2.04. The molecule has 2 heteroatoms. The minimum atomic E-state index is -0.154. The molecule has 0 saturated carbocycles. The zero-order chi connectivity index (χ0) is 8.27. The van der Waals surface area contributed by atoms with Crippen LogP contribution in [-0.4, -0.2) is 0 Å². The van der Waals surface area contributed by atoms with E-state index in [4.69, 9.17) is 5.73 Å². The molecule has 2 nitrogen and oxygen atoms in total. The van der Waals surface area contributed by atoms with E-state index in [-0.39, 0.29) is 12.6 Å². The highest BCUT2D eigenvalue weighted by molar-refractivity contribution is 5.23. The van der Waals surface area contributed by atoms with Crippen LogP contribution in [0, 0.1) is 0 Å². The van der Waals surface area contributed by atoms with E-state index in [1.807, 2.05) is 31.2 Å². The normalized spacial score (nSPS) is 13.0. The maximum absolute atomic E-state index is 10.4. The molecule has 1 aromatic rings. The SMILES string of the molecule is CC(N)c1ccc(C[O])cc1. The van der Waals surface area contributed by atoms with Crippen LogP contribution in [0.15, 0.2) is 24.3 Å². The number of rotatable bonds is 2. The molecule has 1 atom stereocenters. The van der Waals surface area contributed by atoms with Crippen molar-refractivity contribution in [1.82, 2.24) is 0 Å². The molecule has 59 valence electrons. The minimum absolute atomic E-state index is 0.0516. The smallest absolute Gasteiger partial charge is 0.107 e. The molecule has 0 fully saturated rings. The lowest BCUT2D eigenvalue weighted by molar-refractivity contribution is 0.177. The van der Waals surface area contributed by atoms with Gasteiger partial charge in [0.1, 0.15) is 6.61 Å². The summed E-state index contributed by atoms with van der Waals surface area (Å²) in [7, 11) is 0. The number of benzene rings is 1. The maximum Gasteiger partial charge on any atom is 0.107 e. The van der Waals surface area contributed by atoms with Gasteiger partial charge in [0, 0.05) is 6.04 Å². The van der Waals surface area contributed by atoms with E-state index in [1.54, 1.807) is 0 Å². The summed E-state index contributed by atoms with van der Waals surface area (Å²) in [6.45, 7) is 1.77. The third kappa shape index (κ3) is 2.03. The molecule has 1 radical (unpaired) electrons. The molecule has 0 bridgehead atoms. The number of nitrogens with two attached hydrogens (primary N) is 1. The van der Waals surface area contributed by atoms with Crippen molar-refractivity contribution in [3.8, 4) is 0 Å². The van der Waals surface area contributed by atoms with Crippen LogP contribution in [0.4, 0.5) is 0 Å². The standard InChI is InChI=1S/C9H12NO/c1-7(10)9-4-2-8(6-11)3-5-9/h2-5,7H,6,10H2,1H3. The van der Waals surface area contributed by atoms with Crippen molar-refractivity contribution in [3.05, 3.63) is 35.4 Å². The van der Waals surface area contributed by atoms with E-state index < -0.39 is 0 Å². The van der Waals surface area contributed by atoms with E-state index in [0.717, 1.165) is 11.1 Å². The average Bonchev–Trinajstić information content (AvgIpc) is 2.05. The Morgan fingerprint density at radius 1 is 1.36 bits per heavy atom. The third-order valence-electron chi connectivity index (χ3n) is 1.67. The molecule has 0 amide bonds. The van der Waals surface area contributed by atoms with Crippen molar-refractivity contribution in [2.24, 2.45) is 5.73 Å². The van der Waals surface area contributed by atoms with E-state index in [9.17, 15) is 5.11 Å². The van der Waals surface area contributed by atoms with Gasteiger partial charge in [-0.05, 0) is 18.1 Å². The van der Waals surface area contributed by atoms with Gasteiger partial charge in [-0.25, -0.2) is 5.11 Å². The lowest BCUT2D eigenvalue weighted by Gasteiger charge is -2.04. The van der Waals surface area contributed by atoms with Crippen molar-refractivity contribution in [2.45, 2.75) is 19.6 Å². The van der Waals surface area contributed by atoms with Crippen LogP contribution in [0.3, 0.4) is 0 Å². The fourth-order valence-electron chi connectivity index (χ4n) is 0.917. The Kier molecular flexibility index (Phi) is 2.63. The second kappa shape index (κ2) is 3.51. The summed E-state index contributed by atoms with van der Waals surface area (Å²) in [6.07, 6.45) is 0. The Labute approximate surface area is 66.7 Å². The van der Waals surface area contributed by atoms with Crippen molar-refractivity contribution in [2.75, 3.05) is 0 Å². The second-order valence-electron chi connectivity index (χ2n) is 2.67. The Bertz CT molecular complexity index is 216. The summed E-state index contributed by atoms with van der Waals surface area (Å²) in [5.74, 6) is 0. The number of hydrogen-bond acceptors (Lipinski definition) is 1. The zero-order valence-corrected chi connectivity index (χ0v) is 6.58. The van der Waals surface area contributed by atoms with Gasteiger partial charge in [0.25, 0.3) is 0 Å². The van der Waals surface area contributed by atoms with Gasteiger partial charge in [0.15, 0.2) is 0 Å². The Morgan fingerprint density at radius 2 is 1.91 bits per heavy atom. The van der Waals surface area contributed by atoms with Crippen LogP contribution in [-0.2, 0) is 11.7 Å². The Hall–Kier alpha value is -0.860. The van der Waals surface area contributed by atoms with E-state index in [2.05, 4.69) is 0 Å². The van der Waals surface area contributed by atoms with Crippen LogP contribution < -0.4 is 5.73 Å². The largest absolute Gasteiger partial charge is 0.324 e. The van der Waals surface area contributed by atoms with Gasteiger partial charge in [-0.2, -0.15) is 0 Å². The molecule has 0 aliphatic rings. The molecule has 2 N–H and O–H groups in total. The van der Waals surface area contributed by atoms with Crippen LogP contribution in [0.5, 0.6) is 0 Å². The highest BCUT2D eigenvalue weighted by Gasteiger charge is 1.97. The first-order valence-corrected chi connectivity index (χ1v) is 3.66. The summed E-state index contributed by atoms with van der Waals surface area (Å²) in [6, 6.07) is 7.50. The fourth-order valence-corrected chi connectivity index (χ4v) is 0.917. The molecule has 0 heterocycles. The minimum Gasteiger partial charge on any atom is -0.324 e. The van der Waals surface area contributed by atoms with Gasteiger partial charge in [-0.1, -0.05) is 24.3 Å². The van der Waals surface area contributed by atoms with E-state index in [0.29, 0.717) is 0 Å². The molecule has 11 heavy (non-hydrogen) atoms. The lowest BCUT2D eigenvalue weighted by atomic mass is 10.1. The van der Waals surface area contributed by atoms with Gasteiger partial charge in [0.2, 0.25) is 0 Å². The van der Waals surface area contributed by atoms with Crippen LogP contribution in [0.25, 0.3) is 0 Å². The molecule has 0 saturated heterocycles. The summed E-state index contributed by atoms with van der Waals surface area (Å²) < 4.78 is 0. The Balaban J connectivity index is 2.83. The van der Waals surface area contributed by atoms with Crippen LogP contribution in [0.1, 0.15) is 24.1 Å². The monoisotopic (exact) mass is 150 g/mol. The van der Waals surface area contributed by atoms with Crippen molar-refractivity contribution >= 4 is 0 Å². The zero-order valence-electron chi connectivity index (χ0n) is 6.58. The summed E-state index contributed by atoms with van der Waals surface area (Å²) >= 11 is 0. The van der Waals surface area contributed by atoms with Gasteiger partial charge in [-0.15, -0.1) is 0 Å². The Morgan fingerprint density at radius 3 is 2.27 bits per heavy atom. The van der Waals surface area contributed by atoms with Crippen molar-refractivity contribution < 1.29 is 5.11 Å². The molecule has 1 unspecified atom stereocenters. The van der Waals surface area contributed by atoms with E-state index in [1.165, 1.54) is 0 Å². The van der Waals surface area contributed by atoms with Crippen molar-refractivity contribution in [3.63, 3.8) is 0 Å². The fraction of sp³-hybridized carbons (Fsp3) is 0.333. The van der Waals surface area contributed by atoms with Crippen LogP contribution in [0.2, 0.25) is 0 Å². The van der Waals surface area contributed by atoms with E-state index >= 15 is 0 Å². The predicted molar refractivity (Wildman–Crippen MR) is 43.4 cm³/mol. The first-order chi connectivity index (χ1) is 5.24. The summed E-state index contributed by atoms with van der Waals surface area (Å²) in [5.41, 5.74) is 7.51. The van der Waals surface area contributed by atoms with Gasteiger partial charge in [-0.3, -0.25) is 0 Å². The molecule has 0 aromatic heterocycles. The molecule has 0 spiro atoms. The molecular weight excluding hydrogens is 138 g/mol. The summed E-state index contributed by atoms with van der Waals surface area (Å²) in [5, 5.41) is 10.4. The molecule has 0 aliphatic heterocycles.